The number of rotatable bonds is 5. The van der Waals surface area contributed by atoms with Gasteiger partial charge in [-0.15, -0.1) is 0 Å². The Morgan fingerprint density at radius 1 is 1.39 bits per heavy atom. The van der Waals surface area contributed by atoms with E-state index < -0.39 is 28.6 Å². The molecule has 0 saturated heterocycles. The summed E-state index contributed by atoms with van der Waals surface area (Å²) in [5.41, 5.74) is -0.179. The van der Waals surface area contributed by atoms with Crippen molar-refractivity contribution in [1.82, 2.24) is 10.3 Å². The van der Waals surface area contributed by atoms with E-state index in [1.807, 2.05) is 0 Å². The minimum atomic E-state index is -0.988. The van der Waals surface area contributed by atoms with Crippen molar-refractivity contribution in [2.24, 2.45) is 0 Å². The standard InChI is InChI=1S/C14H19N3O6/c1-14(2,3)23-13(19)16-10(12(18)22-4)7-9-5-6-11(15-8-9)17(20)21/h5-6,8,10H,7H2,1-4H3,(H,16,19)/t10-/m0/s1. The number of carbonyl (C=O) groups excluding carboxylic acids is 2. The maximum Gasteiger partial charge on any atom is 0.408 e. The minimum Gasteiger partial charge on any atom is -0.467 e. The molecule has 1 heterocycles. The second-order valence-corrected chi connectivity index (χ2v) is 5.71. The molecule has 0 aromatic carbocycles. The molecule has 126 valence electrons. The Labute approximate surface area is 133 Å². The fourth-order valence-electron chi connectivity index (χ4n) is 1.67. The van der Waals surface area contributed by atoms with Crippen LogP contribution in [0.4, 0.5) is 10.6 Å². The first-order valence-corrected chi connectivity index (χ1v) is 6.79. The van der Waals surface area contributed by atoms with Gasteiger partial charge >= 0.3 is 17.9 Å². The summed E-state index contributed by atoms with van der Waals surface area (Å²) in [4.78, 5) is 37.1. The van der Waals surface area contributed by atoms with Crippen molar-refractivity contribution in [3.8, 4) is 0 Å². The number of pyridine rings is 1. The number of alkyl carbamates (subject to hydrolysis) is 1. The number of aromatic nitrogens is 1. The normalized spacial score (nSPS) is 12.2. The molecule has 0 spiro atoms. The van der Waals surface area contributed by atoms with E-state index in [1.165, 1.54) is 25.4 Å². The van der Waals surface area contributed by atoms with Gasteiger partial charge in [0.05, 0.1) is 7.11 Å². The molecule has 9 heteroatoms. The summed E-state index contributed by atoms with van der Waals surface area (Å²) in [6, 6.07) is 1.69. The molecule has 1 amide bonds. The Hall–Kier alpha value is -2.71. The van der Waals surface area contributed by atoms with Crippen molar-refractivity contribution in [2.75, 3.05) is 7.11 Å². The first kappa shape index (κ1) is 18.3. The van der Waals surface area contributed by atoms with Gasteiger partial charge in [-0.3, -0.25) is 0 Å². The van der Waals surface area contributed by atoms with E-state index >= 15 is 0 Å². The fourth-order valence-corrected chi connectivity index (χ4v) is 1.67. The zero-order valence-corrected chi connectivity index (χ0v) is 13.4. The van der Waals surface area contributed by atoms with Crippen LogP contribution in [0, 0.1) is 10.1 Å². The minimum absolute atomic E-state index is 0.0664. The third-order valence-electron chi connectivity index (χ3n) is 2.61. The molecular weight excluding hydrogens is 306 g/mol. The van der Waals surface area contributed by atoms with Gasteiger partial charge in [0.2, 0.25) is 0 Å². The summed E-state index contributed by atoms with van der Waals surface area (Å²) in [6.07, 6.45) is 0.574. The van der Waals surface area contributed by atoms with Crippen molar-refractivity contribution in [3.05, 3.63) is 34.0 Å². The van der Waals surface area contributed by atoms with Crippen LogP contribution in [-0.4, -0.2) is 40.7 Å². The summed E-state index contributed by atoms with van der Waals surface area (Å²) in [5.74, 6) is -0.960. The number of ether oxygens (including phenoxy) is 2. The van der Waals surface area contributed by atoms with Gasteiger partial charge in [-0.25, -0.2) is 9.59 Å². The molecule has 1 atom stereocenters. The van der Waals surface area contributed by atoms with Crippen molar-refractivity contribution >= 4 is 17.9 Å². The number of nitrogens with one attached hydrogen (secondary N) is 1. The first-order valence-electron chi connectivity index (χ1n) is 6.79. The van der Waals surface area contributed by atoms with Crippen LogP contribution in [0.1, 0.15) is 26.3 Å². The second-order valence-electron chi connectivity index (χ2n) is 5.71. The lowest BCUT2D eigenvalue weighted by molar-refractivity contribution is -0.389. The van der Waals surface area contributed by atoms with Crippen LogP contribution in [0.25, 0.3) is 0 Å². The Kier molecular flexibility index (Phi) is 6.00. The zero-order chi connectivity index (χ0) is 17.6. The van der Waals surface area contributed by atoms with Gasteiger partial charge < -0.3 is 24.9 Å². The Morgan fingerprint density at radius 2 is 2.04 bits per heavy atom. The highest BCUT2D eigenvalue weighted by molar-refractivity contribution is 5.81. The molecule has 1 aromatic rings. The summed E-state index contributed by atoms with van der Waals surface area (Å²) < 4.78 is 9.73. The van der Waals surface area contributed by atoms with E-state index in [9.17, 15) is 19.7 Å². The maximum absolute atomic E-state index is 11.8. The highest BCUT2D eigenvalue weighted by Gasteiger charge is 2.25. The average molecular weight is 325 g/mol. The number of amides is 1. The molecule has 0 radical (unpaired) electrons. The molecule has 0 saturated carbocycles. The number of hydrogen-bond acceptors (Lipinski definition) is 7. The van der Waals surface area contributed by atoms with Crippen LogP contribution in [0.2, 0.25) is 0 Å². The smallest absolute Gasteiger partial charge is 0.408 e. The molecule has 0 fully saturated rings. The van der Waals surface area contributed by atoms with Crippen molar-refractivity contribution < 1.29 is 24.0 Å². The number of nitrogens with zero attached hydrogens (tertiary/aromatic N) is 2. The van der Waals surface area contributed by atoms with E-state index in [2.05, 4.69) is 15.0 Å². The summed E-state index contributed by atoms with van der Waals surface area (Å²) >= 11 is 0. The third kappa shape index (κ3) is 6.29. The molecule has 1 rings (SSSR count). The molecule has 9 nitrogen and oxygen atoms in total. The largest absolute Gasteiger partial charge is 0.467 e. The summed E-state index contributed by atoms with van der Waals surface area (Å²) in [7, 11) is 1.19. The Balaban J connectivity index is 2.80. The molecule has 0 aliphatic rings. The second kappa shape index (κ2) is 7.52. The van der Waals surface area contributed by atoms with E-state index in [0.717, 1.165) is 0 Å². The topological polar surface area (TPSA) is 121 Å². The van der Waals surface area contributed by atoms with Gasteiger partial charge in [0.1, 0.15) is 17.8 Å². The lowest BCUT2D eigenvalue weighted by atomic mass is 10.1. The number of methoxy groups -OCH3 is 1. The lowest BCUT2D eigenvalue weighted by Crippen LogP contribution is -2.45. The Bertz CT molecular complexity index is 579. The monoisotopic (exact) mass is 325 g/mol. The van der Waals surface area contributed by atoms with Gasteiger partial charge in [-0.05, 0) is 42.3 Å². The Morgan fingerprint density at radius 3 is 2.48 bits per heavy atom. The highest BCUT2D eigenvalue weighted by atomic mass is 16.6. The van der Waals surface area contributed by atoms with E-state index in [1.54, 1.807) is 20.8 Å². The molecule has 0 bridgehead atoms. The average Bonchev–Trinajstić information content (AvgIpc) is 2.44. The number of hydrogen-bond donors (Lipinski definition) is 1. The summed E-state index contributed by atoms with van der Waals surface area (Å²) in [5, 5.41) is 13.0. The first-order chi connectivity index (χ1) is 10.6. The number of nitro groups is 1. The zero-order valence-electron chi connectivity index (χ0n) is 13.4. The van der Waals surface area contributed by atoms with Gasteiger partial charge in [0.25, 0.3) is 0 Å². The fraction of sp³-hybridized carbons (Fsp3) is 0.500. The van der Waals surface area contributed by atoms with Crippen LogP contribution in [-0.2, 0) is 20.7 Å². The molecule has 23 heavy (non-hydrogen) atoms. The van der Waals surface area contributed by atoms with Crippen molar-refractivity contribution in [3.63, 3.8) is 0 Å². The van der Waals surface area contributed by atoms with Gasteiger partial charge in [-0.1, -0.05) is 0 Å². The SMILES string of the molecule is COC(=O)[C@H](Cc1ccc([N+](=O)[O-])nc1)NC(=O)OC(C)(C)C. The number of carbonyl (C=O) groups is 2. The van der Waals surface area contributed by atoms with E-state index in [4.69, 9.17) is 4.74 Å². The van der Waals surface area contributed by atoms with Gasteiger partial charge in [-0.2, -0.15) is 0 Å². The molecule has 0 aliphatic heterocycles. The van der Waals surface area contributed by atoms with Gasteiger partial charge in [0.15, 0.2) is 0 Å². The van der Waals surface area contributed by atoms with Crippen LogP contribution in [0.15, 0.2) is 18.3 Å². The molecule has 1 aromatic heterocycles. The van der Waals surface area contributed by atoms with Crippen LogP contribution < -0.4 is 5.32 Å². The summed E-state index contributed by atoms with van der Waals surface area (Å²) in [6.45, 7) is 5.08. The molecular formula is C14H19N3O6. The van der Waals surface area contributed by atoms with E-state index in [-0.39, 0.29) is 12.2 Å². The van der Waals surface area contributed by atoms with Crippen LogP contribution >= 0.6 is 0 Å². The molecule has 0 unspecified atom stereocenters. The van der Waals surface area contributed by atoms with Crippen LogP contribution in [0.3, 0.4) is 0 Å². The van der Waals surface area contributed by atoms with E-state index in [0.29, 0.717) is 5.56 Å². The predicted octanol–water partition coefficient (Wildman–Crippen LogP) is 1.60. The molecule has 1 N–H and O–H groups in total. The van der Waals surface area contributed by atoms with Gasteiger partial charge in [0, 0.05) is 12.5 Å². The number of esters is 1. The van der Waals surface area contributed by atoms with Crippen LogP contribution in [0.5, 0.6) is 0 Å². The molecule has 0 aliphatic carbocycles. The lowest BCUT2D eigenvalue weighted by Gasteiger charge is -2.22. The third-order valence-corrected chi connectivity index (χ3v) is 2.61. The van der Waals surface area contributed by atoms with Crippen molar-refractivity contribution in [2.45, 2.75) is 38.8 Å². The predicted molar refractivity (Wildman–Crippen MR) is 79.8 cm³/mol. The highest BCUT2D eigenvalue weighted by Crippen LogP contribution is 2.11. The maximum atomic E-state index is 11.8. The quantitative estimate of drug-likeness (QED) is 0.496. The van der Waals surface area contributed by atoms with Crippen molar-refractivity contribution in [1.29, 1.82) is 0 Å².